The zero-order chi connectivity index (χ0) is 24.9. The number of ether oxygens (including phenoxy) is 2. The average molecular weight is 457 g/mol. The van der Waals surface area contributed by atoms with Crippen LogP contribution in [0.25, 0.3) is 0 Å². The lowest BCUT2D eigenvalue weighted by Crippen LogP contribution is -2.47. The second kappa shape index (κ2) is 13.7. The number of rotatable bonds is 9. The molecule has 0 saturated carbocycles. The second-order valence-corrected chi connectivity index (χ2v) is 9.32. The molecule has 0 unspecified atom stereocenters. The number of amides is 3. The van der Waals surface area contributed by atoms with E-state index in [1.54, 1.807) is 48.5 Å². The lowest BCUT2D eigenvalue weighted by atomic mass is 10.0. The van der Waals surface area contributed by atoms with Crippen molar-refractivity contribution in [2.45, 2.75) is 105 Å². The topological polar surface area (TPSA) is 135 Å². The highest BCUT2D eigenvalue weighted by molar-refractivity contribution is 6.01. The number of hydrogen-bond donors (Lipinski definition) is 3. The maximum absolute atomic E-state index is 12.3. The monoisotopic (exact) mass is 456 g/mol. The molecule has 0 spiro atoms. The number of carbonyl (C=O) groups excluding carboxylic acids is 4. The normalized spacial score (nSPS) is 12.2. The molecule has 3 N–H and O–H groups in total. The molecule has 10 nitrogen and oxygen atoms in total. The maximum atomic E-state index is 12.3. The van der Waals surface area contributed by atoms with E-state index < -0.39 is 29.4 Å². The van der Waals surface area contributed by atoms with Gasteiger partial charge in [-0.05, 0) is 60.8 Å². The van der Waals surface area contributed by atoms with Crippen LogP contribution in [-0.2, 0) is 19.1 Å². The quantitative estimate of drug-likeness (QED) is 0.276. The number of nitrogens with zero attached hydrogens (tertiary/aromatic N) is 1. The summed E-state index contributed by atoms with van der Waals surface area (Å²) >= 11 is 0. The molecule has 0 bridgehead atoms. The van der Waals surface area contributed by atoms with E-state index in [1.165, 1.54) is 0 Å². The Hall–Kier alpha value is -2.65. The molecule has 3 amide bonds. The number of hydrogen-bond acceptors (Lipinski definition) is 7. The van der Waals surface area contributed by atoms with Crippen LogP contribution in [0.15, 0.2) is 4.99 Å². The summed E-state index contributed by atoms with van der Waals surface area (Å²) in [6, 6.07) is -0.585. The number of aliphatic imine (C=N–C) groups is 1. The SMILES string of the molecule is CCCC(=O)[C@H](CCCN=C(NC(=O)OC(C)(C)C)NC(=O)OC(C)(C)C)NC(=O)CC. The summed E-state index contributed by atoms with van der Waals surface area (Å²) in [5, 5.41) is 7.54. The highest BCUT2D eigenvalue weighted by Crippen LogP contribution is 2.08. The molecule has 0 saturated heterocycles. The van der Waals surface area contributed by atoms with Gasteiger partial charge in [-0.2, -0.15) is 0 Å². The summed E-state index contributed by atoms with van der Waals surface area (Å²) in [4.78, 5) is 52.4. The molecule has 0 heterocycles. The van der Waals surface area contributed by atoms with Crippen molar-refractivity contribution in [2.24, 2.45) is 4.99 Å². The lowest BCUT2D eigenvalue weighted by Gasteiger charge is -2.22. The van der Waals surface area contributed by atoms with E-state index >= 15 is 0 Å². The zero-order valence-electron chi connectivity index (χ0n) is 20.7. The Morgan fingerprint density at radius 3 is 1.78 bits per heavy atom. The minimum atomic E-state index is -0.779. The Balaban J connectivity index is 5.16. The van der Waals surface area contributed by atoms with Gasteiger partial charge in [0.05, 0.1) is 6.04 Å². The van der Waals surface area contributed by atoms with E-state index in [0.717, 1.165) is 0 Å². The van der Waals surface area contributed by atoms with Crippen molar-refractivity contribution in [3.63, 3.8) is 0 Å². The molecular formula is C22H40N4O6. The van der Waals surface area contributed by atoms with Crippen molar-refractivity contribution in [3.8, 4) is 0 Å². The summed E-state index contributed by atoms with van der Waals surface area (Å²) in [6.07, 6.45) is 0.637. The molecule has 0 aliphatic carbocycles. The van der Waals surface area contributed by atoms with Gasteiger partial charge in [0.2, 0.25) is 11.9 Å². The van der Waals surface area contributed by atoms with Crippen molar-refractivity contribution in [2.75, 3.05) is 6.54 Å². The van der Waals surface area contributed by atoms with Crippen molar-refractivity contribution >= 4 is 29.8 Å². The van der Waals surface area contributed by atoms with E-state index in [9.17, 15) is 19.2 Å². The fourth-order valence-corrected chi connectivity index (χ4v) is 2.43. The van der Waals surface area contributed by atoms with Gasteiger partial charge in [-0.25, -0.2) is 9.59 Å². The summed E-state index contributed by atoms with van der Waals surface area (Å²) in [7, 11) is 0. The van der Waals surface area contributed by atoms with Crippen LogP contribution in [-0.4, -0.2) is 53.6 Å². The molecule has 32 heavy (non-hydrogen) atoms. The van der Waals surface area contributed by atoms with Crippen LogP contribution in [0, 0.1) is 0 Å². The summed E-state index contributed by atoms with van der Waals surface area (Å²) in [5.41, 5.74) is -1.46. The minimum absolute atomic E-state index is 0.0303. The molecule has 0 radical (unpaired) electrons. The fraction of sp³-hybridized carbons (Fsp3) is 0.773. The fourth-order valence-electron chi connectivity index (χ4n) is 2.43. The van der Waals surface area contributed by atoms with Crippen LogP contribution in [0.3, 0.4) is 0 Å². The Morgan fingerprint density at radius 2 is 1.38 bits per heavy atom. The summed E-state index contributed by atoms with van der Waals surface area (Å²) in [5.74, 6) is -0.346. The Kier molecular flexibility index (Phi) is 12.6. The average Bonchev–Trinajstić information content (AvgIpc) is 2.60. The number of alkyl carbamates (subject to hydrolysis) is 2. The van der Waals surface area contributed by atoms with E-state index in [1.807, 2.05) is 6.92 Å². The molecule has 0 aromatic carbocycles. The predicted octanol–water partition coefficient (Wildman–Crippen LogP) is 3.44. The van der Waals surface area contributed by atoms with E-state index in [2.05, 4.69) is 20.9 Å². The smallest absolute Gasteiger partial charge is 0.414 e. The number of Topliss-reactive ketones (excluding diaryl/α,β-unsaturated/α-hetero) is 1. The number of carbonyl (C=O) groups is 4. The second-order valence-electron chi connectivity index (χ2n) is 9.32. The Bertz CT molecular complexity index is 645. The van der Waals surface area contributed by atoms with Gasteiger partial charge in [0.25, 0.3) is 0 Å². The van der Waals surface area contributed by atoms with Crippen molar-refractivity contribution in [1.29, 1.82) is 0 Å². The first kappa shape index (κ1) is 29.4. The maximum Gasteiger partial charge on any atom is 0.414 e. The summed E-state index contributed by atoms with van der Waals surface area (Å²) in [6.45, 7) is 14.1. The Labute approximate surface area is 191 Å². The molecule has 0 aliphatic rings. The first-order valence-electron chi connectivity index (χ1n) is 11.0. The van der Waals surface area contributed by atoms with Gasteiger partial charge >= 0.3 is 12.2 Å². The van der Waals surface area contributed by atoms with Crippen LogP contribution >= 0.6 is 0 Å². The largest absolute Gasteiger partial charge is 0.444 e. The van der Waals surface area contributed by atoms with Crippen LogP contribution in [0.2, 0.25) is 0 Å². The zero-order valence-corrected chi connectivity index (χ0v) is 20.7. The highest BCUT2D eigenvalue weighted by atomic mass is 16.6. The van der Waals surface area contributed by atoms with E-state index in [-0.39, 0.29) is 30.6 Å². The van der Waals surface area contributed by atoms with Crippen molar-refractivity contribution in [3.05, 3.63) is 0 Å². The van der Waals surface area contributed by atoms with Crippen LogP contribution < -0.4 is 16.0 Å². The number of guanidine groups is 1. The first-order valence-corrected chi connectivity index (χ1v) is 11.0. The predicted molar refractivity (Wildman–Crippen MR) is 122 cm³/mol. The molecule has 10 heteroatoms. The summed E-state index contributed by atoms with van der Waals surface area (Å²) < 4.78 is 10.4. The van der Waals surface area contributed by atoms with Gasteiger partial charge < -0.3 is 14.8 Å². The van der Waals surface area contributed by atoms with Crippen LogP contribution in [0.5, 0.6) is 0 Å². The van der Waals surface area contributed by atoms with Gasteiger partial charge in [-0.15, -0.1) is 0 Å². The molecular weight excluding hydrogens is 416 g/mol. The molecule has 1 atom stereocenters. The molecule has 0 aromatic heterocycles. The van der Waals surface area contributed by atoms with Gasteiger partial charge in [0.1, 0.15) is 11.2 Å². The third-order valence-electron chi connectivity index (χ3n) is 3.70. The third kappa shape index (κ3) is 15.2. The van der Waals surface area contributed by atoms with Crippen molar-refractivity contribution in [1.82, 2.24) is 16.0 Å². The van der Waals surface area contributed by atoms with Crippen LogP contribution in [0.4, 0.5) is 9.59 Å². The van der Waals surface area contributed by atoms with E-state index in [4.69, 9.17) is 9.47 Å². The number of nitrogens with one attached hydrogen (secondary N) is 3. The van der Waals surface area contributed by atoms with Gasteiger partial charge in [0, 0.05) is 19.4 Å². The molecule has 0 aliphatic heterocycles. The van der Waals surface area contributed by atoms with Gasteiger partial charge in [-0.1, -0.05) is 13.8 Å². The molecule has 0 fully saturated rings. The van der Waals surface area contributed by atoms with Crippen LogP contribution in [0.1, 0.15) is 87.5 Å². The van der Waals surface area contributed by atoms with Gasteiger partial charge in [-0.3, -0.25) is 25.2 Å². The minimum Gasteiger partial charge on any atom is -0.444 e. The highest BCUT2D eigenvalue weighted by Gasteiger charge is 2.22. The van der Waals surface area contributed by atoms with Crippen molar-refractivity contribution < 1.29 is 28.7 Å². The molecule has 0 rings (SSSR count). The van der Waals surface area contributed by atoms with E-state index in [0.29, 0.717) is 25.7 Å². The molecule has 0 aromatic rings. The molecule has 184 valence electrons. The lowest BCUT2D eigenvalue weighted by molar-refractivity contribution is -0.127. The Morgan fingerprint density at radius 1 is 0.875 bits per heavy atom. The third-order valence-corrected chi connectivity index (χ3v) is 3.70. The standard InChI is InChI=1S/C22H40N4O6/c1-9-12-16(27)15(24-17(28)10-2)13-11-14-23-18(25-19(29)31-21(3,4)5)26-20(30)32-22(6,7)8/h15H,9-14H2,1-8H3,(H,24,28)(H2,23,25,26,29,30)/t15-/m0/s1. The number of ketones is 1. The first-order chi connectivity index (χ1) is 14.7. The van der Waals surface area contributed by atoms with Gasteiger partial charge in [0.15, 0.2) is 5.78 Å².